The van der Waals surface area contributed by atoms with Crippen molar-refractivity contribution in [2.45, 2.75) is 26.0 Å². The Morgan fingerprint density at radius 2 is 2.00 bits per heavy atom. The molecular weight excluding hydrogens is 341 g/mol. The fourth-order valence-corrected chi connectivity index (χ4v) is 2.36. The van der Waals surface area contributed by atoms with Gasteiger partial charge in [0, 0.05) is 11.4 Å². The molecule has 0 aliphatic heterocycles. The lowest BCUT2D eigenvalue weighted by Crippen LogP contribution is -2.34. The standard InChI is InChI=1S/C16H17Cl2NO4/c1-2-21-16(20)14(19)8-11-4-5-12(23-11)9-22-15-6-3-10(17)7-13(15)18/h3-7,14H,2,8-9,19H2,1H3. The molecule has 0 amide bonds. The van der Waals surface area contributed by atoms with Crippen LogP contribution in [0.3, 0.4) is 0 Å². The Hall–Kier alpha value is -1.69. The molecule has 1 unspecified atom stereocenters. The minimum absolute atomic E-state index is 0.204. The summed E-state index contributed by atoms with van der Waals surface area (Å²) in [5, 5.41) is 0.962. The van der Waals surface area contributed by atoms with E-state index in [4.69, 9.17) is 42.8 Å². The molecule has 0 saturated carbocycles. The highest BCUT2D eigenvalue weighted by atomic mass is 35.5. The average molecular weight is 358 g/mol. The number of ether oxygens (including phenoxy) is 2. The number of carbonyl (C=O) groups excluding carboxylic acids is 1. The second-order valence-corrected chi connectivity index (χ2v) is 5.64. The summed E-state index contributed by atoms with van der Waals surface area (Å²) in [6.07, 6.45) is 0.264. The summed E-state index contributed by atoms with van der Waals surface area (Å²) in [5.41, 5.74) is 5.75. The van der Waals surface area contributed by atoms with Crippen LogP contribution in [0.25, 0.3) is 0 Å². The molecule has 0 saturated heterocycles. The van der Waals surface area contributed by atoms with E-state index in [1.165, 1.54) is 0 Å². The molecule has 0 radical (unpaired) electrons. The van der Waals surface area contributed by atoms with Crippen molar-refractivity contribution in [3.8, 4) is 5.75 Å². The molecule has 2 aromatic rings. The van der Waals surface area contributed by atoms with Crippen molar-refractivity contribution in [2.75, 3.05) is 6.61 Å². The number of hydrogen-bond acceptors (Lipinski definition) is 5. The molecule has 1 heterocycles. The fraction of sp³-hybridized carbons (Fsp3) is 0.312. The number of hydrogen-bond donors (Lipinski definition) is 1. The van der Waals surface area contributed by atoms with E-state index in [0.29, 0.717) is 33.9 Å². The Morgan fingerprint density at radius 1 is 1.26 bits per heavy atom. The molecule has 1 aromatic heterocycles. The van der Waals surface area contributed by atoms with Crippen LogP contribution in [0, 0.1) is 0 Å². The van der Waals surface area contributed by atoms with Crippen LogP contribution >= 0.6 is 23.2 Å². The minimum atomic E-state index is -0.749. The lowest BCUT2D eigenvalue weighted by Gasteiger charge is -2.08. The van der Waals surface area contributed by atoms with Gasteiger partial charge in [0.2, 0.25) is 0 Å². The van der Waals surface area contributed by atoms with Crippen molar-refractivity contribution in [1.82, 2.24) is 0 Å². The van der Waals surface area contributed by atoms with Gasteiger partial charge in [-0.15, -0.1) is 0 Å². The zero-order chi connectivity index (χ0) is 16.8. The molecule has 1 atom stereocenters. The van der Waals surface area contributed by atoms with Crippen LogP contribution in [0.2, 0.25) is 10.0 Å². The number of benzene rings is 1. The van der Waals surface area contributed by atoms with E-state index in [1.54, 1.807) is 37.3 Å². The second kappa shape index (κ2) is 8.24. The first-order valence-electron chi connectivity index (χ1n) is 7.07. The minimum Gasteiger partial charge on any atom is -0.484 e. The Kier molecular flexibility index (Phi) is 6.33. The maximum Gasteiger partial charge on any atom is 0.323 e. The Labute approximate surface area is 144 Å². The van der Waals surface area contributed by atoms with Gasteiger partial charge in [0.15, 0.2) is 0 Å². The highest BCUT2D eigenvalue weighted by Crippen LogP contribution is 2.28. The zero-order valence-electron chi connectivity index (χ0n) is 12.6. The Balaban J connectivity index is 1.90. The maximum absolute atomic E-state index is 11.5. The second-order valence-electron chi connectivity index (χ2n) is 4.79. The van der Waals surface area contributed by atoms with Gasteiger partial charge < -0.3 is 19.6 Å². The number of furan rings is 1. The molecule has 1 aromatic carbocycles. The molecule has 0 fully saturated rings. The molecular formula is C16H17Cl2NO4. The molecule has 23 heavy (non-hydrogen) atoms. The average Bonchev–Trinajstić information content (AvgIpc) is 2.94. The van der Waals surface area contributed by atoms with E-state index >= 15 is 0 Å². The maximum atomic E-state index is 11.5. The highest BCUT2D eigenvalue weighted by Gasteiger charge is 2.17. The summed E-state index contributed by atoms with van der Waals surface area (Å²) in [6, 6.07) is 7.74. The SMILES string of the molecule is CCOC(=O)C(N)Cc1ccc(COc2ccc(Cl)cc2Cl)o1. The molecule has 2 rings (SSSR count). The van der Waals surface area contributed by atoms with E-state index in [2.05, 4.69) is 0 Å². The van der Waals surface area contributed by atoms with Gasteiger partial charge in [0.05, 0.1) is 11.6 Å². The molecule has 2 N–H and O–H groups in total. The van der Waals surface area contributed by atoms with Gasteiger partial charge in [0.1, 0.15) is 29.9 Å². The first-order chi connectivity index (χ1) is 11.0. The summed E-state index contributed by atoms with van der Waals surface area (Å²) in [4.78, 5) is 11.5. The van der Waals surface area contributed by atoms with E-state index in [9.17, 15) is 4.79 Å². The summed E-state index contributed by atoms with van der Waals surface area (Å²) < 4.78 is 16.0. The van der Waals surface area contributed by atoms with Gasteiger partial charge in [-0.1, -0.05) is 23.2 Å². The third-order valence-corrected chi connectivity index (χ3v) is 3.52. The van der Waals surface area contributed by atoms with Gasteiger partial charge in [0.25, 0.3) is 0 Å². The van der Waals surface area contributed by atoms with Gasteiger partial charge in [-0.2, -0.15) is 0 Å². The number of halogens is 2. The first-order valence-corrected chi connectivity index (χ1v) is 7.83. The molecule has 5 nitrogen and oxygen atoms in total. The lowest BCUT2D eigenvalue weighted by atomic mass is 10.2. The lowest BCUT2D eigenvalue weighted by molar-refractivity contribution is -0.144. The smallest absolute Gasteiger partial charge is 0.323 e. The number of rotatable bonds is 7. The summed E-state index contributed by atoms with van der Waals surface area (Å²) >= 11 is 11.9. The van der Waals surface area contributed by atoms with E-state index in [0.717, 1.165) is 0 Å². The molecule has 0 bridgehead atoms. The summed E-state index contributed by atoms with van der Waals surface area (Å²) in [6.45, 7) is 2.23. The van der Waals surface area contributed by atoms with Crippen molar-refractivity contribution in [1.29, 1.82) is 0 Å². The number of esters is 1. The number of nitrogens with two attached hydrogens (primary N) is 1. The third-order valence-electron chi connectivity index (χ3n) is 2.99. The first kappa shape index (κ1) is 17.7. The largest absolute Gasteiger partial charge is 0.484 e. The van der Waals surface area contributed by atoms with Gasteiger partial charge in [-0.3, -0.25) is 4.79 Å². The van der Waals surface area contributed by atoms with Crippen LogP contribution in [0.5, 0.6) is 5.75 Å². The fourth-order valence-electron chi connectivity index (χ4n) is 1.90. The zero-order valence-corrected chi connectivity index (χ0v) is 14.1. The van der Waals surface area contributed by atoms with Crippen molar-refractivity contribution in [3.63, 3.8) is 0 Å². The van der Waals surface area contributed by atoms with E-state index < -0.39 is 12.0 Å². The van der Waals surface area contributed by atoms with E-state index in [1.807, 2.05) is 0 Å². The normalized spacial score (nSPS) is 12.0. The highest BCUT2D eigenvalue weighted by molar-refractivity contribution is 6.35. The molecule has 7 heteroatoms. The van der Waals surface area contributed by atoms with Gasteiger partial charge >= 0.3 is 5.97 Å². The molecule has 0 aliphatic rings. The van der Waals surface area contributed by atoms with Crippen LogP contribution in [0.4, 0.5) is 0 Å². The molecule has 0 spiro atoms. The van der Waals surface area contributed by atoms with Gasteiger partial charge in [-0.05, 0) is 37.3 Å². The Morgan fingerprint density at radius 3 is 2.70 bits per heavy atom. The monoisotopic (exact) mass is 357 g/mol. The van der Waals surface area contributed by atoms with Crippen LogP contribution < -0.4 is 10.5 Å². The van der Waals surface area contributed by atoms with Crippen LogP contribution in [-0.2, 0) is 22.6 Å². The third kappa shape index (κ3) is 5.16. The predicted octanol–water partition coefficient (Wildman–Crippen LogP) is 3.60. The summed E-state index contributed by atoms with van der Waals surface area (Å²) in [5.74, 6) is 1.25. The van der Waals surface area contributed by atoms with Gasteiger partial charge in [-0.25, -0.2) is 0 Å². The number of carbonyl (C=O) groups is 1. The molecule has 124 valence electrons. The van der Waals surface area contributed by atoms with Crippen molar-refractivity contribution >= 4 is 29.2 Å². The van der Waals surface area contributed by atoms with Crippen LogP contribution in [0.1, 0.15) is 18.4 Å². The van der Waals surface area contributed by atoms with Crippen molar-refractivity contribution in [3.05, 3.63) is 51.9 Å². The molecule has 0 aliphatic carbocycles. The Bertz CT molecular complexity index is 672. The summed E-state index contributed by atoms with van der Waals surface area (Å²) in [7, 11) is 0. The van der Waals surface area contributed by atoms with Crippen molar-refractivity contribution < 1.29 is 18.7 Å². The van der Waals surface area contributed by atoms with Crippen LogP contribution in [0.15, 0.2) is 34.7 Å². The predicted molar refractivity (Wildman–Crippen MR) is 87.8 cm³/mol. The topological polar surface area (TPSA) is 74.7 Å². The van der Waals surface area contributed by atoms with E-state index in [-0.39, 0.29) is 13.0 Å². The van der Waals surface area contributed by atoms with Crippen molar-refractivity contribution in [2.24, 2.45) is 5.73 Å². The quantitative estimate of drug-likeness (QED) is 0.766. The van der Waals surface area contributed by atoms with Crippen LogP contribution in [-0.4, -0.2) is 18.6 Å².